The van der Waals surface area contributed by atoms with E-state index in [1.165, 1.54) is 12.8 Å². The molecule has 0 radical (unpaired) electrons. The summed E-state index contributed by atoms with van der Waals surface area (Å²) in [6.45, 7) is 14.7. The van der Waals surface area contributed by atoms with E-state index in [0.717, 1.165) is 12.8 Å². The fourth-order valence-corrected chi connectivity index (χ4v) is 5.24. The van der Waals surface area contributed by atoms with Crippen molar-refractivity contribution in [1.82, 2.24) is 0 Å². The summed E-state index contributed by atoms with van der Waals surface area (Å²) in [5.41, 5.74) is -0.101. The lowest BCUT2D eigenvalue weighted by Gasteiger charge is -2.36. The van der Waals surface area contributed by atoms with Gasteiger partial charge in [-0.1, -0.05) is 42.1 Å². The summed E-state index contributed by atoms with van der Waals surface area (Å²) in [6.07, 6.45) is 4.39. The summed E-state index contributed by atoms with van der Waals surface area (Å²) in [4.78, 5) is 0. The standard InChI is InChI=1S/C16H35BrO4Si/c1-7-11-12-13-15(18-14-16(5,6)17)22(19-8-2,20-9-3)21-10-4/h15H,7-14H2,1-6H3. The second kappa shape index (κ2) is 12.0. The van der Waals surface area contributed by atoms with Gasteiger partial charge >= 0.3 is 8.80 Å². The molecule has 0 saturated carbocycles. The lowest BCUT2D eigenvalue weighted by molar-refractivity contribution is -0.0170. The molecule has 22 heavy (non-hydrogen) atoms. The van der Waals surface area contributed by atoms with Crippen molar-refractivity contribution >= 4 is 24.7 Å². The molecule has 0 saturated heterocycles. The topological polar surface area (TPSA) is 36.9 Å². The quantitative estimate of drug-likeness (QED) is 0.241. The van der Waals surface area contributed by atoms with E-state index >= 15 is 0 Å². The lowest BCUT2D eigenvalue weighted by atomic mass is 10.2. The first-order chi connectivity index (χ1) is 10.3. The zero-order valence-corrected chi connectivity index (χ0v) is 17.8. The van der Waals surface area contributed by atoms with Gasteiger partial charge in [0.2, 0.25) is 0 Å². The molecule has 0 aromatic carbocycles. The first-order valence-electron chi connectivity index (χ1n) is 8.57. The Kier molecular flexibility index (Phi) is 12.3. The summed E-state index contributed by atoms with van der Waals surface area (Å²) in [6, 6.07) is 0. The molecule has 0 fully saturated rings. The van der Waals surface area contributed by atoms with E-state index in [4.69, 9.17) is 18.0 Å². The Labute approximate surface area is 146 Å². The van der Waals surface area contributed by atoms with Gasteiger partial charge in [-0.2, -0.15) is 0 Å². The van der Waals surface area contributed by atoms with Crippen LogP contribution >= 0.6 is 15.9 Å². The van der Waals surface area contributed by atoms with Crippen LogP contribution < -0.4 is 0 Å². The van der Waals surface area contributed by atoms with E-state index in [0.29, 0.717) is 26.4 Å². The molecule has 0 aliphatic heterocycles. The lowest BCUT2D eigenvalue weighted by Crippen LogP contribution is -2.58. The van der Waals surface area contributed by atoms with E-state index in [9.17, 15) is 0 Å². The zero-order chi connectivity index (χ0) is 17.1. The molecule has 134 valence electrons. The first kappa shape index (κ1) is 22.5. The number of halogens is 1. The Bertz CT molecular complexity index is 254. The van der Waals surface area contributed by atoms with Crippen molar-refractivity contribution in [3.63, 3.8) is 0 Å². The monoisotopic (exact) mass is 398 g/mol. The summed E-state index contributed by atoms with van der Waals surface area (Å²) in [5.74, 6) is 0. The van der Waals surface area contributed by atoms with Crippen molar-refractivity contribution in [3.05, 3.63) is 0 Å². The van der Waals surface area contributed by atoms with Crippen LogP contribution in [-0.4, -0.2) is 45.3 Å². The number of ether oxygens (including phenoxy) is 1. The van der Waals surface area contributed by atoms with Crippen molar-refractivity contribution in [3.8, 4) is 0 Å². The smallest absolute Gasteiger partial charge is 0.372 e. The third-order valence-electron chi connectivity index (χ3n) is 3.13. The number of alkyl halides is 1. The molecule has 0 aromatic rings. The molecule has 0 spiro atoms. The highest BCUT2D eigenvalue weighted by Gasteiger charge is 2.50. The predicted octanol–water partition coefficient (Wildman–Crippen LogP) is 4.71. The number of hydrogen-bond donors (Lipinski definition) is 0. The second-order valence-corrected chi connectivity index (χ2v) is 10.8. The Hall–Kier alpha value is 0.537. The van der Waals surface area contributed by atoms with Gasteiger partial charge in [0.1, 0.15) is 5.73 Å². The third-order valence-corrected chi connectivity index (χ3v) is 6.67. The van der Waals surface area contributed by atoms with E-state index in [1.54, 1.807) is 0 Å². The normalized spacial score (nSPS) is 14.3. The Morgan fingerprint density at radius 1 is 0.909 bits per heavy atom. The minimum Gasteiger partial charge on any atom is -0.372 e. The predicted molar refractivity (Wildman–Crippen MR) is 97.5 cm³/mol. The molecular formula is C16H35BrO4Si. The summed E-state index contributed by atoms with van der Waals surface area (Å²) in [5, 5.41) is 0. The maximum Gasteiger partial charge on any atom is 0.531 e. The SMILES string of the molecule is CCCCCC(OCC(C)(C)Br)[Si](OCC)(OCC)OCC. The van der Waals surface area contributed by atoms with Gasteiger partial charge in [0, 0.05) is 24.1 Å². The number of hydrogen-bond acceptors (Lipinski definition) is 4. The van der Waals surface area contributed by atoms with Crippen LogP contribution in [0.2, 0.25) is 0 Å². The molecule has 0 aliphatic carbocycles. The van der Waals surface area contributed by atoms with Crippen LogP contribution in [0.25, 0.3) is 0 Å². The van der Waals surface area contributed by atoms with Crippen molar-refractivity contribution in [1.29, 1.82) is 0 Å². The van der Waals surface area contributed by atoms with Gasteiger partial charge in [0.15, 0.2) is 0 Å². The van der Waals surface area contributed by atoms with Crippen LogP contribution in [0.15, 0.2) is 0 Å². The van der Waals surface area contributed by atoms with Crippen molar-refractivity contribution in [2.45, 2.75) is 77.3 Å². The number of rotatable bonds is 14. The van der Waals surface area contributed by atoms with Gasteiger partial charge in [-0.3, -0.25) is 0 Å². The van der Waals surface area contributed by atoms with Crippen LogP contribution in [0.5, 0.6) is 0 Å². The first-order valence-corrected chi connectivity index (χ1v) is 11.2. The minimum absolute atomic E-state index is 0.0687. The molecule has 1 atom stereocenters. The highest BCUT2D eigenvalue weighted by Crippen LogP contribution is 2.26. The van der Waals surface area contributed by atoms with Crippen LogP contribution in [0.3, 0.4) is 0 Å². The summed E-state index contributed by atoms with van der Waals surface area (Å²) in [7, 11) is -2.82. The summed E-state index contributed by atoms with van der Waals surface area (Å²) >= 11 is 3.64. The molecule has 1 unspecified atom stereocenters. The van der Waals surface area contributed by atoms with Gasteiger partial charge in [-0.15, -0.1) is 0 Å². The largest absolute Gasteiger partial charge is 0.531 e. The van der Waals surface area contributed by atoms with Gasteiger partial charge in [0.05, 0.1) is 6.61 Å². The average molecular weight is 399 g/mol. The molecule has 0 bridgehead atoms. The van der Waals surface area contributed by atoms with Crippen LogP contribution in [0, 0.1) is 0 Å². The third kappa shape index (κ3) is 8.98. The molecule has 0 heterocycles. The van der Waals surface area contributed by atoms with Crippen LogP contribution in [0.4, 0.5) is 0 Å². The van der Waals surface area contributed by atoms with E-state index in [2.05, 4.69) is 36.7 Å². The van der Waals surface area contributed by atoms with Crippen molar-refractivity contribution in [2.75, 3.05) is 26.4 Å². The highest BCUT2D eigenvalue weighted by atomic mass is 79.9. The second-order valence-electron chi connectivity index (χ2n) is 5.92. The maximum absolute atomic E-state index is 6.22. The fraction of sp³-hybridized carbons (Fsp3) is 1.00. The molecule has 0 N–H and O–H groups in total. The average Bonchev–Trinajstić information content (AvgIpc) is 2.42. The zero-order valence-electron chi connectivity index (χ0n) is 15.2. The maximum atomic E-state index is 6.22. The highest BCUT2D eigenvalue weighted by molar-refractivity contribution is 9.10. The Morgan fingerprint density at radius 2 is 1.41 bits per heavy atom. The van der Waals surface area contributed by atoms with E-state index < -0.39 is 8.80 Å². The van der Waals surface area contributed by atoms with Gasteiger partial charge < -0.3 is 18.0 Å². The number of unbranched alkanes of at least 4 members (excludes halogenated alkanes) is 2. The minimum atomic E-state index is -2.82. The molecule has 6 heteroatoms. The van der Waals surface area contributed by atoms with Gasteiger partial charge in [0.25, 0.3) is 0 Å². The van der Waals surface area contributed by atoms with Crippen LogP contribution in [-0.2, 0) is 18.0 Å². The molecule has 0 aliphatic rings. The van der Waals surface area contributed by atoms with Crippen molar-refractivity contribution < 1.29 is 18.0 Å². The molecule has 4 nitrogen and oxygen atoms in total. The fourth-order valence-electron chi connectivity index (χ4n) is 2.25. The van der Waals surface area contributed by atoms with Crippen LogP contribution in [0.1, 0.15) is 67.2 Å². The molecular weight excluding hydrogens is 364 g/mol. The Morgan fingerprint density at radius 3 is 1.77 bits per heavy atom. The summed E-state index contributed by atoms with van der Waals surface area (Å²) < 4.78 is 24.2. The molecule has 0 amide bonds. The van der Waals surface area contributed by atoms with Crippen molar-refractivity contribution in [2.24, 2.45) is 0 Å². The Balaban J connectivity index is 5.11. The molecule has 0 rings (SSSR count). The van der Waals surface area contributed by atoms with E-state index in [1.807, 2.05) is 20.8 Å². The van der Waals surface area contributed by atoms with Gasteiger partial charge in [-0.25, -0.2) is 0 Å². The molecule has 0 aromatic heterocycles. The van der Waals surface area contributed by atoms with Gasteiger partial charge in [-0.05, 0) is 41.0 Å². The van der Waals surface area contributed by atoms with E-state index in [-0.39, 0.29) is 10.1 Å².